The summed E-state index contributed by atoms with van der Waals surface area (Å²) < 4.78 is 0.710. The zero-order valence-electron chi connectivity index (χ0n) is 11.1. The molecule has 6 heteroatoms. The Hall–Kier alpha value is -1.56. The number of carbonyl (C=O) groups is 1. The number of oxime groups is 1. The number of benzene rings is 1. The van der Waals surface area contributed by atoms with Crippen molar-refractivity contribution < 1.29 is 10.0 Å². The molecule has 0 bridgehead atoms. The molecule has 1 aliphatic carbocycles. The Balaban J connectivity index is 2.00. The quantitative estimate of drug-likeness (QED) is 0.341. The maximum Gasteiger partial charge on any atom is 0.224 e. The van der Waals surface area contributed by atoms with Gasteiger partial charge in [-0.25, -0.2) is 0 Å². The highest BCUT2D eigenvalue weighted by molar-refractivity contribution is 9.10. The average Bonchev–Trinajstić information content (AvgIpc) is 2.93. The van der Waals surface area contributed by atoms with E-state index < -0.39 is 0 Å². The molecule has 1 amide bonds. The minimum absolute atomic E-state index is 0.0362. The molecule has 0 radical (unpaired) electrons. The van der Waals surface area contributed by atoms with Gasteiger partial charge < -0.3 is 16.3 Å². The summed E-state index contributed by atoms with van der Waals surface area (Å²) in [4.78, 5) is 12.0. The van der Waals surface area contributed by atoms with Crippen molar-refractivity contribution in [1.82, 2.24) is 0 Å². The van der Waals surface area contributed by atoms with Crippen LogP contribution in [-0.4, -0.2) is 17.0 Å². The molecule has 1 aromatic carbocycles. The van der Waals surface area contributed by atoms with E-state index in [2.05, 4.69) is 26.4 Å². The van der Waals surface area contributed by atoms with E-state index in [0.717, 1.165) is 12.8 Å². The van der Waals surface area contributed by atoms with Gasteiger partial charge in [-0.15, -0.1) is 0 Å². The first kappa shape index (κ1) is 14.8. The van der Waals surface area contributed by atoms with E-state index in [0.29, 0.717) is 28.1 Å². The maximum absolute atomic E-state index is 12.0. The fraction of sp³-hybridized carbons (Fsp3) is 0.429. The highest BCUT2D eigenvalue weighted by Gasteiger charge is 2.18. The second kappa shape index (κ2) is 6.74. The molecule has 1 fully saturated rings. The van der Waals surface area contributed by atoms with Crippen LogP contribution in [0, 0.1) is 5.92 Å². The van der Waals surface area contributed by atoms with E-state index in [-0.39, 0.29) is 11.7 Å². The lowest BCUT2D eigenvalue weighted by molar-refractivity contribution is -0.117. The Morgan fingerprint density at radius 1 is 1.45 bits per heavy atom. The van der Waals surface area contributed by atoms with E-state index in [1.54, 1.807) is 18.2 Å². The number of halogens is 1. The fourth-order valence-electron chi connectivity index (χ4n) is 2.51. The van der Waals surface area contributed by atoms with E-state index >= 15 is 0 Å². The number of nitrogens with zero attached hydrogens (tertiary/aromatic N) is 1. The van der Waals surface area contributed by atoms with E-state index in [9.17, 15) is 4.79 Å². The minimum atomic E-state index is 0.0362. The van der Waals surface area contributed by atoms with Gasteiger partial charge in [0.05, 0.1) is 5.69 Å². The minimum Gasteiger partial charge on any atom is -0.409 e. The number of rotatable bonds is 4. The Kier molecular flexibility index (Phi) is 5.00. The lowest BCUT2D eigenvalue weighted by atomic mass is 10.0. The number of hydrogen-bond acceptors (Lipinski definition) is 3. The monoisotopic (exact) mass is 339 g/mol. The smallest absolute Gasteiger partial charge is 0.224 e. The van der Waals surface area contributed by atoms with Gasteiger partial charge in [-0.1, -0.05) is 18.0 Å². The van der Waals surface area contributed by atoms with E-state index in [4.69, 9.17) is 10.9 Å². The van der Waals surface area contributed by atoms with Gasteiger partial charge >= 0.3 is 0 Å². The molecule has 0 unspecified atom stereocenters. The average molecular weight is 340 g/mol. The topological polar surface area (TPSA) is 87.7 Å². The molecule has 2 rings (SSSR count). The molecule has 0 aromatic heterocycles. The summed E-state index contributed by atoms with van der Waals surface area (Å²) in [5.41, 5.74) is 6.80. The molecule has 0 heterocycles. The predicted octanol–water partition coefficient (Wildman–Crippen LogP) is 3.06. The van der Waals surface area contributed by atoms with Crippen molar-refractivity contribution in [2.45, 2.75) is 32.1 Å². The van der Waals surface area contributed by atoms with Gasteiger partial charge in [0.15, 0.2) is 5.84 Å². The zero-order valence-corrected chi connectivity index (χ0v) is 12.7. The highest BCUT2D eigenvalue weighted by atomic mass is 79.9. The third-order valence-electron chi connectivity index (χ3n) is 3.60. The van der Waals surface area contributed by atoms with Crippen LogP contribution in [0.3, 0.4) is 0 Å². The van der Waals surface area contributed by atoms with Crippen LogP contribution >= 0.6 is 15.9 Å². The van der Waals surface area contributed by atoms with Gasteiger partial charge in [-0.3, -0.25) is 4.79 Å². The normalized spacial score (nSPS) is 16.4. The molecular weight excluding hydrogens is 322 g/mol. The highest BCUT2D eigenvalue weighted by Crippen LogP contribution is 2.29. The fourth-order valence-corrected chi connectivity index (χ4v) is 2.99. The SMILES string of the molecule is N/C(=N/O)c1ccc(NC(=O)CC2CCCC2)c(Br)c1. The summed E-state index contributed by atoms with van der Waals surface area (Å²) in [6.07, 6.45) is 5.34. The van der Waals surface area contributed by atoms with Crippen molar-refractivity contribution in [3.05, 3.63) is 28.2 Å². The molecule has 0 saturated heterocycles. The van der Waals surface area contributed by atoms with E-state index in [1.165, 1.54) is 12.8 Å². The van der Waals surface area contributed by atoms with Crippen LogP contribution in [0.1, 0.15) is 37.7 Å². The lowest BCUT2D eigenvalue weighted by Crippen LogP contribution is -2.16. The van der Waals surface area contributed by atoms with Crippen LogP contribution in [0.25, 0.3) is 0 Å². The molecule has 1 aromatic rings. The van der Waals surface area contributed by atoms with Crippen LogP contribution in [0.5, 0.6) is 0 Å². The second-order valence-corrected chi connectivity index (χ2v) is 5.94. The number of nitrogens with two attached hydrogens (primary N) is 1. The van der Waals surface area contributed by atoms with E-state index in [1.807, 2.05) is 0 Å². The van der Waals surface area contributed by atoms with Crippen molar-refractivity contribution in [3.63, 3.8) is 0 Å². The van der Waals surface area contributed by atoms with Crippen LogP contribution in [0.2, 0.25) is 0 Å². The molecule has 0 aliphatic heterocycles. The van der Waals surface area contributed by atoms with Gasteiger partial charge in [0.1, 0.15) is 0 Å². The summed E-state index contributed by atoms with van der Waals surface area (Å²) in [6, 6.07) is 5.15. The third-order valence-corrected chi connectivity index (χ3v) is 4.25. The number of carbonyl (C=O) groups excluding carboxylic acids is 1. The van der Waals surface area contributed by atoms with Gasteiger partial charge in [0.25, 0.3) is 0 Å². The predicted molar refractivity (Wildman–Crippen MR) is 81.9 cm³/mol. The molecule has 4 N–H and O–H groups in total. The van der Waals surface area contributed by atoms with Crippen molar-refractivity contribution >= 4 is 33.4 Å². The number of amidine groups is 1. The summed E-state index contributed by atoms with van der Waals surface area (Å²) >= 11 is 3.38. The molecule has 0 spiro atoms. The Morgan fingerprint density at radius 3 is 2.75 bits per heavy atom. The molecule has 1 saturated carbocycles. The molecule has 20 heavy (non-hydrogen) atoms. The van der Waals surface area contributed by atoms with Crippen molar-refractivity contribution in [2.75, 3.05) is 5.32 Å². The summed E-state index contributed by atoms with van der Waals surface area (Å²) in [5.74, 6) is 0.592. The molecular formula is C14H18BrN3O2. The van der Waals surface area contributed by atoms with Crippen molar-refractivity contribution in [1.29, 1.82) is 0 Å². The van der Waals surface area contributed by atoms with Crippen LogP contribution in [-0.2, 0) is 4.79 Å². The Labute approximate surface area is 126 Å². The summed E-state index contributed by atoms with van der Waals surface area (Å²) in [5, 5.41) is 14.5. The van der Waals surface area contributed by atoms with Crippen LogP contribution in [0.4, 0.5) is 5.69 Å². The molecule has 1 aliphatic rings. The maximum atomic E-state index is 12.0. The molecule has 108 valence electrons. The number of amides is 1. The number of anilines is 1. The van der Waals surface area contributed by atoms with Gasteiger partial charge in [-0.05, 0) is 52.9 Å². The first-order chi connectivity index (χ1) is 9.60. The van der Waals surface area contributed by atoms with Gasteiger partial charge in [0, 0.05) is 16.5 Å². The Morgan fingerprint density at radius 2 is 2.15 bits per heavy atom. The first-order valence-corrected chi connectivity index (χ1v) is 7.46. The first-order valence-electron chi connectivity index (χ1n) is 6.67. The number of nitrogens with one attached hydrogen (secondary N) is 1. The lowest BCUT2D eigenvalue weighted by Gasteiger charge is -2.11. The molecule has 0 atom stereocenters. The second-order valence-electron chi connectivity index (χ2n) is 5.08. The largest absolute Gasteiger partial charge is 0.409 e. The molecule has 5 nitrogen and oxygen atoms in total. The zero-order chi connectivity index (χ0) is 14.5. The van der Waals surface area contributed by atoms with Crippen LogP contribution < -0.4 is 11.1 Å². The number of hydrogen-bond donors (Lipinski definition) is 3. The van der Waals surface area contributed by atoms with Gasteiger partial charge in [0.2, 0.25) is 5.91 Å². The van der Waals surface area contributed by atoms with Crippen LogP contribution in [0.15, 0.2) is 27.8 Å². The third kappa shape index (κ3) is 3.72. The summed E-state index contributed by atoms with van der Waals surface area (Å²) in [7, 11) is 0. The van der Waals surface area contributed by atoms with Gasteiger partial charge in [-0.2, -0.15) is 0 Å². The van der Waals surface area contributed by atoms with Crippen molar-refractivity contribution in [2.24, 2.45) is 16.8 Å². The standard InChI is InChI=1S/C14H18BrN3O2/c15-11-8-10(14(16)18-20)5-6-12(11)17-13(19)7-9-3-1-2-4-9/h5-6,8-9,20H,1-4,7H2,(H2,16,18)(H,17,19). The Bertz CT molecular complexity index is 525. The van der Waals surface area contributed by atoms with Crippen molar-refractivity contribution in [3.8, 4) is 0 Å². The summed E-state index contributed by atoms with van der Waals surface area (Å²) in [6.45, 7) is 0.